The molecule has 39 heavy (non-hydrogen) atoms. The highest BCUT2D eigenvalue weighted by atomic mass is 19.4. The number of nitrogens with one attached hydrogen (secondary N) is 1. The van der Waals surface area contributed by atoms with Crippen LogP contribution in [0.1, 0.15) is 82.8 Å². The van der Waals surface area contributed by atoms with E-state index in [-0.39, 0.29) is 17.5 Å². The highest BCUT2D eigenvalue weighted by Gasteiger charge is 2.58. The number of ether oxygens (including phenoxy) is 1. The van der Waals surface area contributed by atoms with Gasteiger partial charge < -0.3 is 10.1 Å². The number of para-hydroxylation sites is 1. The first-order chi connectivity index (χ1) is 18.3. The zero-order valence-corrected chi connectivity index (χ0v) is 22.6. The molecule has 2 aromatic carbocycles. The van der Waals surface area contributed by atoms with Gasteiger partial charge in [0.05, 0.1) is 0 Å². The van der Waals surface area contributed by atoms with Gasteiger partial charge in [0.2, 0.25) is 5.91 Å². The molecule has 4 amide bonds. The Labute approximate surface area is 226 Å². The van der Waals surface area contributed by atoms with Crippen molar-refractivity contribution in [3.05, 3.63) is 53.6 Å². The number of benzene rings is 2. The molecular weight excluding hydrogens is 511 g/mol. The van der Waals surface area contributed by atoms with E-state index in [4.69, 9.17) is 0 Å². The van der Waals surface area contributed by atoms with Crippen LogP contribution in [0.4, 0.5) is 29.3 Å². The Morgan fingerprint density at radius 3 is 2.03 bits per heavy atom. The van der Waals surface area contributed by atoms with Gasteiger partial charge in [-0.3, -0.25) is 19.4 Å². The van der Waals surface area contributed by atoms with Crippen molar-refractivity contribution in [2.75, 3.05) is 16.8 Å². The normalized spacial score (nSPS) is 17.5. The highest BCUT2D eigenvalue weighted by molar-refractivity contribution is 6.18. The van der Waals surface area contributed by atoms with E-state index in [0.717, 1.165) is 34.6 Å². The molecule has 4 rings (SSSR count). The fourth-order valence-corrected chi connectivity index (χ4v) is 5.62. The van der Waals surface area contributed by atoms with Gasteiger partial charge in [-0.15, -0.1) is 13.2 Å². The molecule has 10 heteroatoms. The van der Waals surface area contributed by atoms with Gasteiger partial charge in [-0.1, -0.05) is 65.2 Å². The molecule has 0 unspecified atom stereocenters. The Morgan fingerprint density at radius 1 is 0.949 bits per heavy atom. The number of hydrogen-bond donors (Lipinski definition) is 1. The van der Waals surface area contributed by atoms with Crippen molar-refractivity contribution >= 4 is 29.2 Å². The van der Waals surface area contributed by atoms with E-state index in [1.807, 2.05) is 45.9 Å². The van der Waals surface area contributed by atoms with E-state index < -0.39 is 42.0 Å². The fourth-order valence-electron chi connectivity index (χ4n) is 5.62. The maximum Gasteiger partial charge on any atom is 0.573 e. The number of alkyl halides is 3. The van der Waals surface area contributed by atoms with E-state index in [1.54, 1.807) is 0 Å². The van der Waals surface area contributed by atoms with Crippen molar-refractivity contribution in [1.29, 1.82) is 0 Å². The Hall–Kier alpha value is -3.56. The molecule has 0 bridgehead atoms. The number of halogens is 3. The predicted molar refractivity (Wildman–Crippen MR) is 142 cm³/mol. The van der Waals surface area contributed by atoms with Crippen molar-refractivity contribution in [3.8, 4) is 5.75 Å². The molecule has 2 fully saturated rings. The van der Waals surface area contributed by atoms with Crippen molar-refractivity contribution < 1.29 is 32.3 Å². The Morgan fingerprint density at radius 2 is 1.51 bits per heavy atom. The molecule has 1 spiro atoms. The highest BCUT2D eigenvalue weighted by Crippen LogP contribution is 2.44. The predicted octanol–water partition coefficient (Wildman–Crippen LogP) is 6.94. The summed E-state index contributed by atoms with van der Waals surface area (Å²) in [5, 5.41) is 2.96. The summed E-state index contributed by atoms with van der Waals surface area (Å²) in [6.45, 7) is 7.64. The van der Waals surface area contributed by atoms with E-state index in [9.17, 15) is 27.6 Å². The maximum atomic E-state index is 13.8. The molecule has 0 radical (unpaired) electrons. The third kappa shape index (κ3) is 5.74. The standard InChI is InChI=1S/C29H34F3N3O4/c1-18(2)22-9-8-10-23(19(3)4)25(22)33-24(36)17-34-26(37)28(15-6-5-7-16-28)35(27(34)38)20-11-13-21(14-12-20)39-29(30,31)32/h8-14,18-19H,5-7,15-17H2,1-4H3,(H,33,36). The van der Waals surface area contributed by atoms with Gasteiger partial charge in [-0.2, -0.15) is 0 Å². The minimum atomic E-state index is -4.85. The lowest BCUT2D eigenvalue weighted by atomic mass is 9.80. The molecule has 1 heterocycles. The molecule has 1 aliphatic heterocycles. The van der Waals surface area contributed by atoms with Crippen LogP contribution in [0.2, 0.25) is 0 Å². The molecule has 7 nitrogen and oxygen atoms in total. The lowest BCUT2D eigenvalue weighted by molar-refractivity contribution is -0.274. The van der Waals surface area contributed by atoms with Crippen molar-refractivity contribution in [2.24, 2.45) is 0 Å². The van der Waals surface area contributed by atoms with Crippen LogP contribution in [0.25, 0.3) is 0 Å². The maximum absolute atomic E-state index is 13.8. The smallest absolute Gasteiger partial charge is 0.406 e. The monoisotopic (exact) mass is 545 g/mol. The second-order valence-electron chi connectivity index (χ2n) is 10.8. The van der Waals surface area contributed by atoms with Crippen LogP contribution < -0.4 is 15.0 Å². The van der Waals surface area contributed by atoms with Gasteiger partial charge in [-0.25, -0.2) is 4.79 Å². The van der Waals surface area contributed by atoms with E-state index in [1.165, 1.54) is 17.0 Å². The lowest BCUT2D eigenvalue weighted by Gasteiger charge is -2.38. The number of amides is 4. The van der Waals surface area contributed by atoms with Crippen LogP contribution in [0.5, 0.6) is 5.75 Å². The van der Waals surface area contributed by atoms with Crippen molar-refractivity contribution in [1.82, 2.24) is 4.90 Å². The number of anilines is 2. The number of imide groups is 1. The molecule has 0 aromatic heterocycles. The summed E-state index contributed by atoms with van der Waals surface area (Å²) < 4.78 is 41.9. The summed E-state index contributed by atoms with van der Waals surface area (Å²) in [4.78, 5) is 43.1. The second kappa shape index (κ2) is 10.9. The topological polar surface area (TPSA) is 79.0 Å². The number of urea groups is 1. The number of nitrogens with zero attached hydrogens (tertiary/aromatic N) is 2. The molecule has 1 N–H and O–H groups in total. The summed E-state index contributed by atoms with van der Waals surface area (Å²) in [5.41, 5.74) is 1.71. The zero-order chi connectivity index (χ0) is 28.5. The zero-order valence-electron chi connectivity index (χ0n) is 22.6. The molecular formula is C29H34F3N3O4. The van der Waals surface area contributed by atoms with Crippen molar-refractivity contribution in [2.45, 2.75) is 83.5 Å². The minimum Gasteiger partial charge on any atom is -0.406 e. The quantitative estimate of drug-likeness (QED) is 0.382. The molecule has 2 aliphatic rings. The summed E-state index contributed by atoms with van der Waals surface area (Å²) in [6.07, 6.45) is -1.71. The first-order valence-electron chi connectivity index (χ1n) is 13.3. The van der Waals surface area contributed by atoms with Gasteiger partial charge in [0.25, 0.3) is 5.91 Å². The van der Waals surface area contributed by atoms with E-state index in [2.05, 4.69) is 10.1 Å². The van der Waals surface area contributed by atoms with Gasteiger partial charge >= 0.3 is 12.4 Å². The fraction of sp³-hybridized carbons (Fsp3) is 0.483. The van der Waals surface area contributed by atoms with E-state index >= 15 is 0 Å². The number of carbonyl (C=O) groups is 3. The number of rotatable bonds is 7. The molecule has 1 saturated carbocycles. The first-order valence-corrected chi connectivity index (χ1v) is 13.3. The van der Waals surface area contributed by atoms with Gasteiger partial charge in [0, 0.05) is 11.4 Å². The van der Waals surface area contributed by atoms with Gasteiger partial charge in [0.1, 0.15) is 17.8 Å². The first kappa shape index (κ1) is 28.4. The largest absolute Gasteiger partial charge is 0.573 e. The lowest BCUT2D eigenvalue weighted by Crippen LogP contribution is -2.51. The van der Waals surface area contributed by atoms with Crippen LogP contribution in [-0.2, 0) is 9.59 Å². The van der Waals surface area contributed by atoms with Crippen LogP contribution >= 0.6 is 0 Å². The van der Waals surface area contributed by atoms with Crippen LogP contribution in [-0.4, -0.2) is 41.2 Å². The average molecular weight is 546 g/mol. The summed E-state index contributed by atoms with van der Waals surface area (Å²) >= 11 is 0. The third-order valence-electron chi connectivity index (χ3n) is 7.44. The SMILES string of the molecule is CC(C)c1cccc(C(C)C)c1NC(=O)CN1C(=O)N(c2ccc(OC(F)(F)F)cc2)C2(CCCCC2)C1=O. The number of carbonyl (C=O) groups excluding carboxylic acids is 3. The van der Waals surface area contributed by atoms with Gasteiger partial charge in [0.15, 0.2) is 0 Å². The summed E-state index contributed by atoms with van der Waals surface area (Å²) in [7, 11) is 0. The average Bonchev–Trinajstić information content (AvgIpc) is 3.05. The molecule has 210 valence electrons. The minimum absolute atomic E-state index is 0.138. The van der Waals surface area contributed by atoms with Crippen molar-refractivity contribution in [3.63, 3.8) is 0 Å². The van der Waals surface area contributed by atoms with Crippen LogP contribution in [0.3, 0.4) is 0 Å². The van der Waals surface area contributed by atoms with Crippen LogP contribution in [0, 0.1) is 0 Å². The Balaban J connectivity index is 1.62. The third-order valence-corrected chi connectivity index (χ3v) is 7.44. The summed E-state index contributed by atoms with van der Waals surface area (Å²) in [5.74, 6) is -1.10. The second-order valence-corrected chi connectivity index (χ2v) is 10.8. The Kier molecular flexibility index (Phi) is 7.95. The Bertz CT molecular complexity index is 1210. The molecule has 1 saturated heterocycles. The number of hydrogen-bond acceptors (Lipinski definition) is 4. The van der Waals surface area contributed by atoms with E-state index in [0.29, 0.717) is 31.4 Å². The molecule has 1 aliphatic carbocycles. The summed E-state index contributed by atoms with van der Waals surface area (Å²) in [6, 6.07) is 10.1. The molecule has 0 atom stereocenters. The van der Waals surface area contributed by atoms with Crippen LogP contribution in [0.15, 0.2) is 42.5 Å². The molecule has 2 aromatic rings. The van der Waals surface area contributed by atoms with Gasteiger partial charge in [-0.05, 0) is 60.1 Å².